The number of hydrogen-bond donors (Lipinski definition) is 0. The number of benzene rings is 1. The molecule has 0 saturated carbocycles. The van der Waals surface area contributed by atoms with Gasteiger partial charge in [0, 0.05) is 19.2 Å². The van der Waals surface area contributed by atoms with Crippen LogP contribution in [0, 0.1) is 11.8 Å². The van der Waals surface area contributed by atoms with Gasteiger partial charge in [-0.1, -0.05) is 19.9 Å². The van der Waals surface area contributed by atoms with Crippen molar-refractivity contribution >= 4 is 18.0 Å². The van der Waals surface area contributed by atoms with E-state index in [1.165, 1.54) is 6.08 Å². The lowest BCUT2D eigenvalue weighted by atomic mass is 9.92. The molecule has 3 rings (SSSR count). The summed E-state index contributed by atoms with van der Waals surface area (Å²) < 4.78 is 16.1. The second-order valence-corrected chi connectivity index (χ2v) is 7.09. The van der Waals surface area contributed by atoms with Gasteiger partial charge in [-0.3, -0.25) is 4.79 Å². The van der Waals surface area contributed by atoms with Crippen LogP contribution in [0.25, 0.3) is 6.08 Å². The molecule has 26 heavy (non-hydrogen) atoms. The summed E-state index contributed by atoms with van der Waals surface area (Å²) in [6, 6.07) is 5.45. The van der Waals surface area contributed by atoms with Gasteiger partial charge in [-0.05, 0) is 42.0 Å². The van der Waals surface area contributed by atoms with E-state index < -0.39 is 5.97 Å². The predicted molar refractivity (Wildman–Crippen MR) is 97.0 cm³/mol. The minimum Gasteiger partial charge on any atom is -0.486 e. The van der Waals surface area contributed by atoms with Gasteiger partial charge in [-0.25, -0.2) is 4.79 Å². The minimum atomic E-state index is -0.536. The van der Waals surface area contributed by atoms with Crippen LogP contribution in [-0.2, 0) is 14.3 Å². The van der Waals surface area contributed by atoms with Crippen molar-refractivity contribution in [3.8, 4) is 11.5 Å². The van der Waals surface area contributed by atoms with E-state index in [0.717, 1.165) is 25.1 Å². The third-order valence-electron chi connectivity index (χ3n) is 4.54. The first kappa shape index (κ1) is 18.3. The second kappa shape index (κ2) is 8.25. The third-order valence-corrected chi connectivity index (χ3v) is 4.54. The summed E-state index contributed by atoms with van der Waals surface area (Å²) in [6.07, 6.45) is 4.08. The Morgan fingerprint density at radius 2 is 1.85 bits per heavy atom. The maximum Gasteiger partial charge on any atom is 0.331 e. The van der Waals surface area contributed by atoms with Crippen LogP contribution in [0.2, 0.25) is 0 Å². The van der Waals surface area contributed by atoms with Gasteiger partial charge in [0.25, 0.3) is 5.91 Å². The van der Waals surface area contributed by atoms with Crippen LogP contribution in [0.3, 0.4) is 0 Å². The van der Waals surface area contributed by atoms with Crippen LogP contribution >= 0.6 is 0 Å². The lowest BCUT2D eigenvalue weighted by Crippen LogP contribution is -2.44. The first-order valence-corrected chi connectivity index (χ1v) is 9.03. The highest BCUT2D eigenvalue weighted by Gasteiger charge is 2.25. The summed E-state index contributed by atoms with van der Waals surface area (Å²) in [5.74, 6) is 1.65. The lowest BCUT2D eigenvalue weighted by Gasteiger charge is -2.34. The summed E-state index contributed by atoms with van der Waals surface area (Å²) in [5.41, 5.74) is 0.802. The Hall–Kier alpha value is -2.50. The van der Waals surface area contributed by atoms with E-state index in [1.807, 2.05) is 12.1 Å². The number of ether oxygens (including phenoxy) is 3. The van der Waals surface area contributed by atoms with Crippen LogP contribution in [0.15, 0.2) is 24.3 Å². The molecule has 0 N–H and O–H groups in total. The van der Waals surface area contributed by atoms with Gasteiger partial charge >= 0.3 is 5.97 Å². The van der Waals surface area contributed by atoms with Crippen molar-refractivity contribution in [3.63, 3.8) is 0 Å². The molecular formula is C20H25NO5. The van der Waals surface area contributed by atoms with Gasteiger partial charge in [0.1, 0.15) is 13.2 Å². The molecule has 0 radical (unpaired) electrons. The molecule has 0 aromatic heterocycles. The number of amides is 1. The van der Waals surface area contributed by atoms with E-state index in [9.17, 15) is 9.59 Å². The largest absolute Gasteiger partial charge is 0.486 e. The summed E-state index contributed by atoms with van der Waals surface area (Å²) in [6.45, 7) is 6.57. The topological polar surface area (TPSA) is 65.1 Å². The molecule has 0 bridgehead atoms. The zero-order chi connectivity index (χ0) is 18.5. The molecule has 2 heterocycles. The molecule has 1 amide bonds. The van der Waals surface area contributed by atoms with Crippen molar-refractivity contribution in [2.75, 3.05) is 32.9 Å². The van der Waals surface area contributed by atoms with Crippen LogP contribution in [-0.4, -0.2) is 49.7 Å². The summed E-state index contributed by atoms with van der Waals surface area (Å²) in [7, 11) is 0. The Kier molecular flexibility index (Phi) is 5.81. The van der Waals surface area contributed by atoms with Crippen LogP contribution in [0.4, 0.5) is 0 Å². The average Bonchev–Trinajstić information content (AvgIpc) is 2.63. The molecule has 1 saturated heterocycles. The molecule has 2 aliphatic heterocycles. The number of likely N-dealkylation sites (tertiary alicyclic amines) is 1. The monoisotopic (exact) mass is 359 g/mol. The molecule has 0 unspecified atom stereocenters. The van der Waals surface area contributed by atoms with E-state index in [2.05, 4.69) is 13.8 Å². The van der Waals surface area contributed by atoms with E-state index in [4.69, 9.17) is 14.2 Å². The fraction of sp³-hybridized carbons (Fsp3) is 0.500. The third kappa shape index (κ3) is 4.77. The van der Waals surface area contributed by atoms with Crippen molar-refractivity contribution in [1.82, 2.24) is 4.90 Å². The molecule has 2 aliphatic rings. The molecule has 6 nitrogen and oxygen atoms in total. The van der Waals surface area contributed by atoms with Gasteiger partial charge < -0.3 is 19.1 Å². The predicted octanol–water partition coefficient (Wildman–Crippen LogP) is 2.52. The second-order valence-electron chi connectivity index (χ2n) is 7.09. The Morgan fingerprint density at radius 1 is 1.15 bits per heavy atom. The van der Waals surface area contributed by atoms with Crippen molar-refractivity contribution in [2.45, 2.75) is 20.3 Å². The number of hydrogen-bond acceptors (Lipinski definition) is 5. The van der Waals surface area contributed by atoms with Gasteiger partial charge in [-0.15, -0.1) is 0 Å². The van der Waals surface area contributed by atoms with E-state index >= 15 is 0 Å². The van der Waals surface area contributed by atoms with Crippen LogP contribution in [0.1, 0.15) is 25.8 Å². The van der Waals surface area contributed by atoms with Gasteiger partial charge in [0.2, 0.25) is 0 Å². The standard InChI is InChI=1S/C20H25NO5/c1-14-9-15(2)12-21(11-14)19(22)13-26-20(23)6-4-16-3-5-17-18(10-16)25-8-7-24-17/h3-6,10,14-15H,7-9,11-13H2,1-2H3/b6-4+/t14-,15-/m1/s1. The zero-order valence-corrected chi connectivity index (χ0v) is 15.3. The maximum absolute atomic E-state index is 12.2. The average molecular weight is 359 g/mol. The fourth-order valence-electron chi connectivity index (χ4n) is 3.47. The smallest absolute Gasteiger partial charge is 0.331 e. The number of carbonyl (C=O) groups excluding carboxylic acids is 2. The van der Waals surface area contributed by atoms with Gasteiger partial charge in [0.15, 0.2) is 18.1 Å². The van der Waals surface area contributed by atoms with Crippen molar-refractivity contribution < 1.29 is 23.8 Å². The first-order valence-electron chi connectivity index (χ1n) is 9.03. The molecule has 6 heteroatoms. The van der Waals surface area contributed by atoms with E-state index in [0.29, 0.717) is 36.5 Å². The molecule has 1 fully saturated rings. The molecule has 140 valence electrons. The van der Waals surface area contributed by atoms with Crippen molar-refractivity contribution in [3.05, 3.63) is 29.8 Å². The molecule has 0 spiro atoms. The number of fused-ring (bicyclic) bond motifs is 1. The molecule has 0 aliphatic carbocycles. The molecular weight excluding hydrogens is 334 g/mol. The normalized spacial score (nSPS) is 22.3. The van der Waals surface area contributed by atoms with Gasteiger partial charge in [0.05, 0.1) is 0 Å². The number of esters is 1. The summed E-state index contributed by atoms with van der Waals surface area (Å²) >= 11 is 0. The van der Waals surface area contributed by atoms with Gasteiger partial charge in [-0.2, -0.15) is 0 Å². The molecule has 2 atom stereocenters. The number of piperidine rings is 1. The maximum atomic E-state index is 12.2. The van der Waals surface area contributed by atoms with Crippen LogP contribution < -0.4 is 9.47 Å². The Balaban J connectivity index is 1.49. The quantitative estimate of drug-likeness (QED) is 0.610. The highest BCUT2D eigenvalue weighted by atomic mass is 16.6. The summed E-state index contributed by atoms with van der Waals surface area (Å²) in [4.78, 5) is 25.9. The zero-order valence-electron chi connectivity index (χ0n) is 15.3. The van der Waals surface area contributed by atoms with E-state index in [-0.39, 0.29) is 12.5 Å². The number of rotatable bonds is 4. The highest BCUT2D eigenvalue weighted by Crippen LogP contribution is 2.31. The highest BCUT2D eigenvalue weighted by molar-refractivity contribution is 5.89. The Morgan fingerprint density at radius 3 is 2.58 bits per heavy atom. The molecule has 1 aromatic carbocycles. The SMILES string of the molecule is C[C@@H]1C[C@@H](C)CN(C(=O)COC(=O)/C=C/c2ccc3c(c2)OCCO3)C1. The van der Waals surface area contributed by atoms with Crippen LogP contribution in [0.5, 0.6) is 11.5 Å². The fourth-order valence-corrected chi connectivity index (χ4v) is 3.47. The van der Waals surface area contributed by atoms with Crippen molar-refractivity contribution in [1.29, 1.82) is 0 Å². The number of nitrogens with zero attached hydrogens (tertiary/aromatic N) is 1. The van der Waals surface area contributed by atoms with E-state index in [1.54, 1.807) is 17.0 Å². The first-order chi connectivity index (χ1) is 12.5. The number of carbonyl (C=O) groups is 2. The summed E-state index contributed by atoms with van der Waals surface area (Å²) in [5, 5.41) is 0. The lowest BCUT2D eigenvalue weighted by molar-refractivity contribution is -0.149. The molecule has 1 aromatic rings. The minimum absolute atomic E-state index is 0.135. The Bertz CT molecular complexity index is 689. The Labute approximate surface area is 153 Å². The van der Waals surface area contributed by atoms with Crippen molar-refractivity contribution in [2.24, 2.45) is 11.8 Å².